The van der Waals surface area contributed by atoms with E-state index in [1.165, 1.54) is 6.92 Å². The van der Waals surface area contributed by atoms with Crippen LogP contribution in [-0.2, 0) is 11.2 Å². The Balaban J connectivity index is 0.00000139. The lowest BCUT2D eigenvalue weighted by Crippen LogP contribution is -2.31. The summed E-state index contributed by atoms with van der Waals surface area (Å²) < 4.78 is 0. The summed E-state index contributed by atoms with van der Waals surface area (Å²) in [7, 11) is 0. The molecule has 2 aromatic rings. The van der Waals surface area contributed by atoms with Crippen LogP contribution in [0.5, 0.6) is 5.75 Å². The lowest BCUT2D eigenvalue weighted by atomic mass is 10.0. The lowest BCUT2D eigenvalue weighted by molar-refractivity contribution is -0.119. The minimum absolute atomic E-state index is 0.0103. The predicted molar refractivity (Wildman–Crippen MR) is 98.9 cm³/mol. The maximum Gasteiger partial charge on any atom is 0.217 e. The van der Waals surface area contributed by atoms with E-state index in [2.05, 4.69) is 17.2 Å². The van der Waals surface area contributed by atoms with E-state index in [4.69, 9.17) is 0 Å². The van der Waals surface area contributed by atoms with Gasteiger partial charge in [-0.05, 0) is 55.3 Å². The van der Waals surface area contributed by atoms with Gasteiger partial charge in [0, 0.05) is 24.1 Å². The van der Waals surface area contributed by atoms with Crippen molar-refractivity contribution >= 4 is 5.91 Å². The zero-order valence-electron chi connectivity index (χ0n) is 14.8. The number of phenolic OH excluding ortho intramolecular Hbond substituents is 1. The molecule has 3 nitrogen and oxygen atoms in total. The summed E-state index contributed by atoms with van der Waals surface area (Å²) >= 11 is 0. The molecule has 0 heterocycles. The van der Waals surface area contributed by atoms with E-state index < -0.39 is 0 Å². The topological polar surface area (TPSA) is 49.3 Å². The van der Waals surface area contributed by atoms with Gasteiger partial charge in [-0.25, -0.2) is 0 Å². The van der Waals surface area contributed by atoms with E-state index in [1.807, 2.05) is 45.0 Å². The minimum atomic E-state index is -0.0103. The molecule has 24 heavy (non-hydrogen) atoms. The largest absolute Gasteiger partial charge is 0.508 e. The quantitative estimate of drug-likeness (QED) is 0.842. The average Bonchev–Trinajstić information content (AvgIpc) is 2.57. The van der Waals surface area contributed by atoms with Crippen molar-refractivity contribution in [3.05, 3.63) is 65.2 Å². The number of rotatable bonds is 3. The number of hydrogen-bond acceptors (Lipinski definition) is 2. The zero-order chi connectivity index (χ0) is 17.9. The second-order valence-corrected chi connectivity index (χ2v) is 5.30. The molecular weight excluding hydrogens is 298 g/mol. The Kier molecular flexibility index (Phi) is 8.15. The number of nitrogens with one attached hydrogen (secondary N) is 1. The molecule has 0 bridgehead atoms. The van der Waals surface area contributed by atoms with Crippen molar-refractivity contribution in [3.8, 4) is 17.6 Å². The third-order valence-corrected chi connectivity index (χ3v) is 3.16. The molecule has 0 fully saturated rings. The number of amides is 1. The smallest absolute Gasteiger partial charge is 0.217 e. The number of carbonyl (C=O) groups excluding carboxylic acids is 1. The SMILES string of the molecule is CC.CC(=O)NC(C)Cc1ccc(C#Cc2ccc(O)cc2)cc1. The Morgan fingerprint density at radius 2 is 1.46 bits per heavy atom. The standard InChI is InChI=1S/C19H19NO2.C2H6/c1-14(20-15(2)21)13-18-7-5-16(6-8-18)3-4-17-9-11-19(22)12-10-17;1-2/h5-12,14,22H,13H2,1-2H3,(H,20,21);1-2H3. The second-order valence-electron chi connectivity index (χ2n) is 5.30. The van der Waals surface area contributed by atoms with Crippen LogP contribution in [-0.4, -0.2) is 17.1 Å². The Bertz CT molecular complexity index is 691. The molecule has 0 radical (unpaired) electrons. The Morgan fingerprint density at radius 1 is 1.00 bits per heavy atom. The Labute approximate surface area is 144 Å². The van der Waals surface area contributed by atoms with Crippen LogP contribution in [0.2, 0.25) is 0 Å². The van der Waals surface area contributed by atoms with Gasteiger partial charge < -0.3 is 10.4 Å². The monoisotopic (exact) mass is 323 g/mol. The highest BCUT2D eigenvalue weighted by atomic mass is 16.3. The fourth-order valence-electron chi connectivity index (χ4n) is 2.16. The number of hydrogen-bond donors (Lipinski definition) is 2. The maximum atomic E-state index is 11.0. The van der Waals surface area contributed by atoms with E-state index in [0.29, 0.717) is 0 Å². The van der Waals surface area contributed by atoms with Gasteiger partial charge >= 0.3 is 0 Å². The van der Waals surface area contributed by atoms with Crippen molar-refractivity contribution in [3.63, 3.8) is 0 Å². The van der Waals surface area contributed by atoms with E-state index in [0.717, 1.165) is 23.1 Å². The third kappa shape index (κ3) is 7.02. The van der Waals surface area contributed by atoms with E-state index >= 15 is 0 Å². The predicted octanol–water partition coefficient (Wildman–Crippen LogP) is 3.89. The van der Waals surface area contributed by atoms with Gasteiger partial charge in [-0.3, -0.25) is 4.79 Å². The first-order valence-corrected chi connectivity index (χ1v) is 8.20. The molecule has 0 aliphatic heterocycles. The van der Waals surface area contributed by atoms with Crippen LogP contribution in [0, 0.1) is 11.8 Å². The van der Waals surface area contributed by atoms with Crippen LogP contribution in [0.4, 0.5) is 0 Å². The van der Waals surface area contributed by atoms with E-state index in [-0.39, 0.29) is 17.7 Å². The molecule has 3 heteroatoms. The van der Waals surface area contributed by atoms with Gasteiger partial charge in [-0.1, -0.05) is 37.8 Å². The highest BCUT2D eigenvalue weighted by molar-refractivity contribution is 5.73. The fourth-order valence-corrected chi connectivity index (χ4v) is 2.16. The Morgan fingerprint density at radius 3 is 1.92 bits per heavy atom. The summed E-state index contributed by atoms with van der Waals surface area (Å²) in [5.74, 6) is 6.38. The fraction of sp³-hybridized carbons (Fsp3) is 0.286. The first kappa shape index (κ1) is 19.3. The number of benzene rings is 2. The second kappa shape index (κ2) is 10.1. The van der Waals surface area contributed by atoms with Crippen LogP contribution in [0.1, 0.15) is 44.4 Å². The van der Waals surface area contributed by atoms with Crippen LogP contribution in [0.3, 0.4) is 0 Å². The molecule has 0 saturated carbocycles. The summed E-state index contributed by atoms with van der Waals surface area (Å²) in [6.07, 6.45) is 0.797. The maximum absolute atomic E-state index is 11.0. The molecule has 126 valence electrons. The highest BCUT2D eigenvalue weighted by Gasteiger charge is 2.04. The molecule has 0 aromatic heterocycles. The highest BCUT2D eigenvalue weighted by Crippen LogP contribution is 2.09. The summed E-state index contributed by atoms with van der Waals surface area (Å²) in [4.78, 5) is 11.0. The Hall–Kier alpha value is -2.73. The van der Waals surface area contributed by atoms with E-state index in [9.17, 15) is 9.90 Å². The molecule has 2 aromatic carbocycles. The van der Waals surface area contributed by atoms with Gasteiger partial charge in [0.1, 0.15) is 5.75 Å². The normalized spacial score (nSPS) is 10.5. The lowest BCUT2D eigenvalue weighted by Gasteiger charge is -2.12. The van der Waals surface area contributed by atoms with Crippen molar-refractivity contribution in [1.82, 2.24) is 5.32 Å². The van der Waals surface area contributed by atoms with Crippen LogP contribution < -0.4 is 5.32 Å². The average molecular weight is 323 g/mol. The first-order valence-electron chi connectivity index (χ1n) is 8.20. The van der Waals surface area contributed by atoms with Gasteiger partial charge in [0.2, 0.25) is 5.91 Å². The summed E-state index contributed by atoms with van der Waals surface area (Å²) in [5, 5.41) is 12.1. The van der Waals surface area contributed by atoms with E-state index in [1.54, 1.807) is 24.3 Å². The van der Waals surface area contributed by atoms with Gasteiger partial charge in [-0.2, -0.15) is 0 Å². The number of phenols is 1. The molecule has 1 amide bonds. The molecule has 1 unspecified atom stereocenters. The third-order valence-electron chi connectivity index (χ3n) is 3.16. The van der Waals surface area contributed by atoms with Crippen LogP contribution in [0.15, 0.2) is 48.5 Å². The van der Waals surface area contributed by atoms with Crippen LogP contribution in [0.25, 0.3) is 0 Å². The van der Waals surface area contributed by atoms with Gasteiger partial charge in [0.05, 0.1) is 0 Å². The number of aromatic hydroxyl groups is 1. The van der Waals surface area contributed by atoms with Gasteiger partial charge in [0.15, 0.2) is 0 Å². The number of carbonyl (C=O) groups is 1. The summed E-state index contributed by atoms with van der Waals surface area (Å²) in [6, 6.07) is 14.9. The van der Waals surface area contributed by atoms with Crippen molar-refractivity contribution in [1.29, 1.82) is 0 Å². The zero-order valence-corrected chi connectivity index (χ0v) is 14.8. The molecule has 2 N–H and O–H groups in total. The summed E-state index contributed by atoms with van der Waals surface area (Å²) in [5.41, 5.74) is 2.96. The summed E-state index contributed by atoms with van der Waals surface area (Å²) in [6.45, 7) is 7.51. The molecule has 1 atom stereocenters. The van der Waals surface area contributed by atoms with Crippen LogP contribution >= 0.6 is 0 Å². The molecule has 0 aliphatic rings. The molecule has 0 saturated heterocycles. The molecule has 2 rings (SSSR count). The first-order chi connectivity index (χ1) is 11.5. The molecular formula is C21H25NO2. The van der Waals surface area contributed by atoms with Crippen molar-refractivity contribution in [2.24, 2.45) is 0 Å². The van der Waals surface area contributed by atoms with Gasteiger partial charge in [-0.15, -0.1) is 0 Å². The van der Waals surface area contributed by atoms with Crippen molar-refractivity contribution < 1.29 is 9.90 Å². The van der Waals surface area contributed by atoms with Crippen molar-refractivity contribution in [2.45, 2.75) is 40.2 Å². The van der Waals surface area contributed by atoms with Gasteiger partial charge in [0.25, 0.3) is 0 Å². The minimum Gasteiger partial charge on any atom is -0.508 e. The molecule has 0 aliphatic carbocycles. The van der Waals surface area contributed by atoms with Crippen molar-refractivity contribution in [2.75, 3.05) is 0 Å². The molecule has 0 spiro atoms.